The van der Waals surface area contributed by atoms with Crippen LogP contribution in [0, 0.1) is 0 Å². The summed E-state index contributed by atoms with van der Waals surface area (Å²) in [5, 5.41) is 14.2. The Morgan fingerprint density at radius 3 is 2.27 bits per heavy atom. The molecule has 1 aliphatic rings. The smallest absolute Gasteiger partial charge is 0.256 e. The first-order chi connectivity index (χ1) is 19.3. The van der Waals surface area contributed by atoms with E-state index in [1.54, 1.807) is 18.1 Å². The molecule has 8 nitrogen and oxygen atoms in total. The largest absolute Gasteiger partial charge is 0.391 e. The average molecular weight is 539 g/mol. The lowest BCUT2D eigenvalue weighted by molar-refractivity contribution is -0.136. The number of rotatable bonds is 8. The van der Waals surface area contributed by atoms with Crippen molar-refractivity contribution < 1.29 is 19.5 Å². The number of fused-ring (bicyclic) bond motifs is 1. The minimum absolute atomic E-state index is 0.0470. The average Bonchev–Trinajstić information content (AvgIpc) is 3.53. The van der Waals surface area contributed by atoms with Crippen molar-refractivity contribution in [1.29, 1.82) is 0 Å². The quantitative estimate of drug-likeness (QED) is 0.360. The zero-order valence-electron chi connectivity index (χ0n) is 22.7. The summed E-state index contributed by atoms with van der Waals surface area (Å²) in [6.07, 6.45) is 1.33. The molecule has 206 valence electrons. The number of hydrogen-bond acceptors (Lipinski definition) is 4. The zero-order valence-corrected chi connectivity index (χ0v) is 22.7. The van der Waals surface area contributed by atoms with Gasteiger partial charge < -0.3 is 24.8 Å². The summed E-state index contributed by atoms with van der Waals surface area (Å²) in [6, 6.07) is 25.0. The molecular weight excluding hydrogens is 504 g/mol. The van der Waals surface area contributed by atoms with E-state index in [2.05, 4.69) is 5.32 Å². The molecule has 0 saturated carbocycles. The van der Waals surface area contributed by atoms with Gasteiger partial charge in [-0.15, -0.1) is 0 Å². The van der Waals surface area contributed by atoms with Gasteiger partial charge in [0.2, 0.25) is 11.8 Å². The molecule has 2 N–H and O–H groups in total. The third kappa shape index (κ3) is 5.77. The Labute approximate surface area is 233 Å². The summed E-state index contributed by atoms with van der Waals surface area (Å²) in [5.41, 5.74) is 3.27. The Morgan fingerprint density at radius 2 is 1.57 bits per heavy atom. The van der Waals surface area contributed by atoms with Crippen molar-refractivity contribution in [3.05, 3.63) is 108 Å². The van der Waals surface area contributed by atoms with Crippen molar-refractivity contribution >= 4 is 28.6 Å². The van der Waals surface area contributed by atoms with Crippen molar-refractivity contribution in [3.63, 3.8) is 0 Å². The molecule has 0 aliphatic carbocycles. The lowest BCUT2D eigenvalue weighted by atomic mass is 10.0. The molecule has 0 spiro atoms. The van der Waals surface area contributed by atoms with E-state index in [-0.39, 0.29) is 24.8 Å². The number of benzene rings is 3. The SMILES string of the molecule is CN(Cc1ccccc1)C(=O)[C@H](Cc1ccccc1)NC(=O)[C@@H]1C[C@@H](O)CN1C(=O)c1cn(C)c2ccccc12. The van der Waals surface area contributed by atoms with Gasteiger partial charge in [0.25, 0.3) is 5.91 Å². The number of aliphatic hydroxyl groups is 1. The molecular formula is C32H34N4O4. The molecule has 1 aliphatic heterocycles. The van der Waals surface area contributed by atoms with Gasteiger partial charge >= 0.3 is 0 Å². The lowest BCUT2D eigenvalue weighted by Gasteiger charge is -2.28. The van der Waals surface area contributed by atoms with E-state index < -0.39 is 24.1 Å². The number of carbonyl (C=O) groups is 3. The number of aliphatic hydroxyl groups excluding tert-OH is 1. The second-order valence-corrected chi connectivity index (χ2v) is 10.5. The van der Waals surface area contributed by atoms with Gasteiger partial charge in [0.15, 0.2) is 0 Å². The highest BCUT2D eigenvalue weighted by Gasteiger charge is 2.41. The zero-order chi connectivity index (χ0) is 28.2. The van der Waals surface area contributed by atoms with Crippen molar-refractivity contribution in [2.24, 2.45) is 7.05 Å². The number of likely N-dealkylation sites (N-methyl/N-ethyl adjacent to an activating group) is 1. The van der Waals surface area contributed by atoms with E-state index in [1.165, 1.54) is 4.90 Å². The van der Waals surface area contributed by atoms with Crippen molar-refractivity contribution in [1.82, 2.24) is 19.7 Å². The molecule has 3 aromatic carbocycles. The number of carbonyl (C=O) groups excluding carboxylic acids is 3. The minimum atomic E-state index is -0.896. The van der Waals surface area contributed by atoms with Crippen LogP contribution >= 0.6 is 0 Å². The fraction of sp³-hybridized carbons (Fsp3) is 0.281. The van der Waals surface area contributed by atoms with Crippen LogP contribution in [0.1, 0.15) is 27.9 Å². The fourth-order valence-corrected chi connectivity index (χ4v) is 5.47. The topological polar surface area (TPSA) is 94.9 Å². The van der Waals surface area contributed by atoms with Crippen molar-refractivity contribution in [2.75, 3.05) is 13.6 Å². The summed E-state index contributed by atoms with van der Waals surface area (Å²) in [7, 11) is 3.59. The summed E-state index contributed by atoms with van der Waals surface area (Å²) >= 11 is 0. The molecule has 0 bridgehead atoms. The Hall–Kier alpha value is -4.43. The van der Waals surface area contributed by atoms with E-state index in [1.807, 2.05) is 96.5 Å². The molecule has 3 amide bonds. The molecule has 1 aromatic heterocycles. The summed E-state index contributed by atoms with van der Waals surface area (Å²) in [6.45, 7) is 0.444. The molecule has 5 rings (SSSR count). The number of hydrogen-bond donors (Lipinski definition) is 2. The van der Waals surface area contributed by atoms with Crippen LogP contribution < -0.4 is 5.32 Å². The van der Waals surface area contributed by atoms with Gasteiger partial charge in [-0.25, -0.2) is 0 Å². The Morgan fingerprint density at radius 1 is 0.950 bits per heavy atom. The summed E-state index contributed by atoms with van der Waals surface area (Å²) in [4.78, 5) is 44.1. The number of aryl methyl sites for hydroxylation is 1. The first kappa shape index (κ1) is 27.1. The van der Waals surface area contributed by atoms with Crippen LogP contribution in [0.5, 0.6) is 0 Å². The van der Waals surface area contributed by atoms with Crippen molar-refractivity contribution in [3.8, 4) is 0 Å². The van der Waals surface area contributed by atoms with Crippen LogP contribution in [-0.4, -0.2) is 69.0 Å². The van der Waals surface area contributed by atoms with E-state index in [0.717, 1.165) is 22.0 Å². The highest BCUT2D eigenvalue weighted by molar-refractivity contribution is 6.08. The molecule has 0 radical (unpaired) electrons. The fourth-order valence-electron chi connectivity index (χ4n) is 5.47. The molecule has 2 heterocycles. The Kier molecular flexibility index (Phi) is 7.98. The standard InChI is InChI=1S/C32H34N4O4/c1-34-21-26(25-15-9-10-16-28(25)34)31(39)36-20-24(37)18-29(36)30(38)33-27(17-22-11-5-3-6-12-22)32(40)35(2)19-23-13-7-4-8-14-23/h3-16,21,24,27,29,37H,17-20H2,1-2H3,(H,33,38)/t24-,27+,29+/m1/s1. The molecule has 1 fully saturated rings. The number of likely N-dealkylation sites (tertiary alicyclic amines) is 1. The van der Waals surface area contributed by atoms with E-state index in [0.29, 0.717) is 18.5 Å². The van der Waals surface area contributed by atoms with Gasteiger partial charge in [0, 0.05) is 57.1 Å². The van der Waals surface area contributed by atoms with Gasteiger partial charge in [-0.2, -0.15) is 0 Å². The van der Waals surface area contributed by atoms with Crippen LogP contribution in [0.15, 0.2) is 91.1 Å². The number of β-amino-alcohol motifs (C(OH)–C–C–N with tert-alkyl or cyclic N) is 1. The van der Waals surface area contributed by atoms with Crippen LogP contribution in [0.25, 0.3) is 10.9 Å². The van der Waals surface area contributed by atoms with Crippen LogP contribution in [0.2, 0.25) is 0 Å². The molecule has 3 atom stereocenters. The highest BCUT2D eigenvalue weighted by atomic mass is 16.3. The molecule has 4 aromatic rings. The van der Waals surface area contributed by atoms with E-state index in [9.17, 15) is 19.5 Å². The number of nitrogens with zero attached hydrogens (tertiary/aromatic N) is 3. The van der Waals surface area contributed by atoms with Crippen LogP contribution in [0.4, 0.5) is 0 Å². The molecule has 1 saturated heterocycles. The lowest BCUT2D eigenvalue weighted by Crippen LogP contribution is -2.54. The van der Waals surface area contributed by atoms with E-state index >= 15 is 0 Å². The van der Waals surface area contributed by atoms with Crippen molar-refractivity contribution in [2.45, 2.75) is 37.6 Å². The first-order valence-electron chi connectivity index (χ1n) is 13.5. The second-order valence-electron chi connectivity index (χ2n) is 10.5. The van der Waals surface area contributed by atoms with E-state index in [4.69, 9.17) is 0 Å². The number of amides is 3. The Balaban J connectivity index is 1.37. The van der Waals surface area contributed by atoms with Gasteiger partial charge in [0.1, 0.15) is 12.1 Å². The molecule has 8 heteroatoms. The highest BCUT2D eigenvalue weighted by Crippen LogP contribution is 2.26. The van der Waals surface area contributed by atoms with Gasteiger partial charge in [-0.1, -0.05) is 78.9 Å². The van der Waals surface area contributed by atoms with Crippen LogP contribution in [-0.2, 0) is 29.6 Å². The predicted octanol–water partition coefficient (Wildman–Crippen LogP) is 3.14. The third-order valence-electron chi connectivity index (χ3n) is 7.51. The van der Waals surface area contributed by atoms with Crippen LogP contribution in [0.3, 0.4) is 0 Å². The summed E-state index contributed by atoms with van der Waals surface area (Å²) in [5.74, 6) is -1.00. The van der Waals surface area contributed by atoms with Gasteiger partial charge in [-0.05, 0) is 17.2 Å². The maximum atomic E-state index is 13.7. The first-order valence-corrected chi connectivity index (χ1v) is 13.5. The van der Waals surface area contributed by atoms with Gasteiger partial charge in [-0.3, -0.25) is 14.4 Å². The summed E-state index contributed by atoms with van der Waals surface area (Å²) < 4.78 is 1.88. The maximum Gasteiger partial charge on any atom is 0.256 e. The second kappa shape index (κ2) is 11.8. The maximum absolute atomic E-state index is 13.7. The molecule has 0 unspecified atom stereocenters. The predicted molar refractivity (Wildman–Crippen MR) is 153 cm³/mol. The Bertz CT molecular complexity index is 1500. The minimum Gasteiger partial charge on any atom is -0.391 e. The number of aromatic nitrogens is 1. The third-order valence-corrected chi connectivity index (χ3v) is 7.51. The number of nitrogens with one attached hydrogen (secondary N) is 1. The molecule has 40 heavy (non-hydrogen) atoms. The van der Waals surface area contributed by atoms with Gasteiger partial charge in [0.05, 0.1) is 11.7 Å². The number of para-hydroxylation sites is 1. The normalized spacial score (nSPS) is 17.5. The monoisotopic (exact) mass is 538 g/mol.